The second kappa shape index (κ2) is 5.85. The fourth-order valence-electron chi connectivity index (χ4n) is 2.20. The van der Waals surface area contributed by atoms with Gasteiger partial charge in [-0.15, -0.1) is 0 Å². The quantitative estimate of drug-likeness (QED) is 0.911. The van der Waals surface area contributed by atoms with Crippen molar-refractivity contribution < 1.29 is 0 Å². The molecule has 1 aromatic heterocycles. The first-order valence-corrected chi connectivity index (χ1v) is 6.51. The Morgan fingerprint density at radius 3 is 2.53 bits per heavy atom. The average molecular weight is 256 g/mol. The van der Waals surface area contributed by atoms with Crippen LogP contribution < -0.4 is 10.9 Å². The molecule has 0 saturated heterocycles. The molecule has 0 aliphatic heterocycles. The standard InChI is InChI=1S/C16H20N2O/c1-12-5-4-6-14(9-12)15(17-3)11-18-8-7-13(2)10-16(18)19/h4-10,15,17H,11H2,1-3H3. The molecule has 0 spiro atoms. The van der Waals surface area contributed by atoms with Crippen molar-refractivity contribution in [1.82, 2.24) is 9.88 Å². The van der Waals surface area contributed by atoms with Crippen molar-refractivity contribution in [3.05, 3.63) is 69.6 Å². The van der Waals surface area contributed by atoms with Gasteiger partial charge in [-0.2, -0.15) is 0 Å². The first-order chi connectivity index (χ1) is 9.10. The molecule has 0 aliphatic carbocycles. The van der Waals surface area contributed by atoms with Gasteiger partial charge in [-0.1, -0.05) is 29.8 Å². The number of nitrogens with zero attached hydrogens (tertiary/aromatic N) is 1. The van der Waals surface area contributed by atoms with Gasteiger partial charge in [-0.05, 0) is 38.1 Å². The molecule has 2 rings (SSSR count). The maximum Gasteiger partial charge on any atom is 0.250 e. The van der Waals surface area contributed by atoms with E-state index in [2.05, 4.69) is 30.4 Å². The van der Waals surface area contributed by atoms with Gasteiger partial charge in [0.25, 0.3) is 5.56 Å². The van der Waals surface area contributed by atoms with E-state index in [9.17, 15) is 4.79 Å². The zero-order valence-corrected chi connectivity index (χ0v) is 11.7. The van der Waals surface area contributed by atoms with E-state index in [1.807, 2.05) is 32.3 Å². The molecule has 3 nitrogen and oxygen atoms in total. The Balaban J connectivity index is 2.26. The summed E-state index contributed by atoms with van der Waals surface area (Å²) in [5.41, 5.74) is 3.48. The predicted molar refractivity (Wildman–Crippen MR) is 78.4 cm³/mol. The molecule has 19 heavy (non-hydrogen) atoms. The lowest BCUT2D eigenvalue weighted by atomic mass is 10.0. The van der Waals surface area contributed by atoms with Crippen LogP contribution in [0.2, 0.25) is 0 Å². The molecule has 0 radical (unpaired) electrons. The van der Waals surface area contributed by atoms with E-state index in [1.165, 1.54) is 11.1 Å². The van der Waals surface area contributed by atoms with Gasteiger partial charge in [-0.25, -0.2) is 0 Å². The third-order valence-corrected chi connectivity index (χ3v) is 3.32. The highest BCUT2D eigenvalue weighted by Gasteiger charge is 2.10. The van der Waals surface area contributed by atoms with E-state index in [4.69, 9.17) is 0 Å². The van der Waals surface area contributed by atoms with Crippen LogP contribution in [-0.2, 0) is 6.54 Å². The Morgan fingerprint density at radius 2 is 1.89 bits per heavy atom. The van der Waals surface area contributed by atoms with Gasteiger partial charge in [0.15, 0.2) is 0 Å². The molecule has 1 aromatic carbocycles. The summed E-state index contributed by atoms with van der Waals surface area (Å²) in [4.78, 5) is 11.9. The fourth-order valence-corrected chi connectivity index (χ4v) is 2.20. The first-order valence-electron chi connectivity index (χ1n) is 6.51. The molecule has 100 valence electrons. The van der Waals surface area contributed by atoms with Gasteiger partial charge in [0.05, 0.1) is 6.04 Å². The van der Waals surface area contributed by atoms with E-state index < -0.39 is 0 Å². The van der Waals surface area contributed by atoms with Gasteiger partial charge < -0.3 is 9.88 Å². The number of aromatic nitrogens is 1. The van der Waals surface area contributed by atoms with Crippen LogP contribution in [0.3, 0.4) is 0 Å². The van der Waals surface area contributed by atoms with Crippen LogP contribution in [0.1, 0.15) is 22.7 Å². The Kier molecular flexibility index (Phi) is 4.17. The molecule has 1 N–H and O–H groups in total. The first kappa shape index (κ1) is 13.6. The Bertz CT molecular complexity index is 616. The topological polar surface area (TPSA) is 34.0 Å². The van der Waals surface area contributed by atoms with E-state index >= 15 is 0 Å². The molecule has 1 atom stereocenters. The summed E-state index contributed by atoms with van der Waals surface area (Å²) in [5, 5.41) is 3.28. The zero-order valence-electron chi connectivity index (χ0n) is 11.7. The minimum Gasteiger partial charge on any atom is -0.314 e. The third kappa shape index (κ3) is 3.32. The maximum atomic E-state index is 11.9. The van der Waals surface area contributed by atoms with Gasteiger partial charge >= 0.3 is 0 Å². The van der Waals surface area contributed by atoms with Crippen molar-refractivity contribution in [3.8, 4) is 0 Å². The smallest absolute Gasteiger partial charge is 0.250 e. The number of aryl methyl sites for hydroxylation is 2. The summed E-state index contributed by atoms with van der Waals surface area (Å²) < 4.78 is 1.75. The normalized spacial score (nSPS) is 12.4. The van der Waals surface area contributed by atoms with Gasteiger partial charge in [-0.3, -0.25) is 4.79 Å². The van der Waals surface area contributed by atoms with Crippen molar-refractivity contribution in [3.63, 3.8) is 0 Å². The molecule has 0 saturated carbocycles. The number of pyridine rings is 1. The summed E-state index contributed by atoms with van der Waals surface area (Å²) in [7, 11) is 1.92. The van der Waals surface area contributed by atoms with Crippen molar-refractivity contribution in [1.29, 1.82) is 0 Å². The largest absolute Gasteiger partial charge is 0.314 e. The maximum absolute atomic E-state index is 11.9. The molecule has 2 aromatic rings. The van der Waals surface area contributed by atoms with Crippen LogP contribution in [0, 0.1) is 13.8 Å². The van der Waals surface area contributed by atoms with Crippen molar-refractivity contribution in [2.24, 2.45) is 0 Å². The minimum atomic E-state index is 0.0490. The van der Waals surface area contributed by atoms with Crippen molar-refractivity contribution >= 4 is 0 Å². The van der Waals surface area contributed by atoms with Crippen molar-refractivity contribution in [2.45, 2.75) is 26.4 Å². The monoisotopic (exact) mass is 256 g/mol. The van der Waals surface area contributed by atoms with Crippen LogP contribution in [-0.4, -0.2) is 11.6 Å². The van der Waals surface area contributed by atoms with Gasteiger partial charge in [0.2, 0.25) is 0 Å². The average Bonchev–Trinajstić information content (AvgIpc) is 2.38. The summed E-state index contributed by atoms with van der Waals surface area (Å²) in [6.07, 6.45) is 1.86. The van der Waals surface area contributed by atoms with E-state index in [0.29, 0.717) is 6.54 Å². The van der Waals surface area contributed by atoms with Crippen LogP contribution in [0.5, 0.6) is 0 Å². The summed E-state index contributed by atoms with van der Waals surface area (Å²) in [6, 6.07) is 12.1. The molecule has 1 unspecified atom stereocenters. The lowest BCUT2D eigenvalue weighted by molar-refractivity contribution is 0.490. The molecule has 0 aliphatic rings. The van der Waals surface area contributed by atoms with E-state index in [1.54, 1.807) is 10.6 Å². The highest BCUT2D eigenvalue weighted by atomic mass is 16.1. The van der Waals surface area contributed by atoms with Crippen LogP contribution in [0.25, 0.3) is 0 Å². The minimum absolute atomic E-state index is 0.0490. The molecular formula is C16H20N2O. The molecular weight excluding hydrogens is 236 g/mol. The Morgan fingerprint density at radius 1 is 1.16 bits per heavy atom. The number of benzene rings is 1. The molecule has 0 fully saturated rings. The molecule has 0 bridgehead atoms. The van der Waals surface area contributed by atoms with Crippen LogP contribution in [0.15, 0.2) is 47.4 Å². The lowest BCUT2D eigenvalue weighted by Gasteiger charge is -2.18. The predicted octanol–water partition coefficient (Wildman–Crippen LogP) is 2.43. The third-order valence-electron chi connectivity index (χ3n) is 3.32. The second-order valence-electron chi connectivity index (χ2n) is 4.95. The summed E-state index contributed by atoms with van der Waals surface area (Å²) >= 11 is 0. The number of likely N-dealkylation sites (N-methyl/N-ethyl adjacent to an activating group) is 1. The number of rotatable bonds is 4. The van der Waals surface area contributed by atoms with Crippen molar-refractivity contribution in [2.75, 3.05) is 7.05 Å². The highest BCUT2D eigenvalue weighted by molar-refractivity contribution is 5.25. The van der Waals surface area contributed by atoms with Gasteiger partial charge in [0, 0.05) is 18.8 Å². The van der Waals surface area contributed by atoms with Crippen LogP contribution in [0.4, 0.5) is 0 Å². The summed E-state index contributed by atoms with van der Waals surface area (Å²) in [6.45, 7) is 4.65. The zero-order chi connectivity index (χ0) is 13.8. The SMILES string of the molecule is CNC(Cn1ccc(C)cc1=O)c1cccc(C)c1. The molecule has 3 heteroatoms. The molecule has 1 heterocycles. The summed E-state index contributed by atoms with van der Waals surface area (Å²) in [5.74, 6) is 0. The van der Waals surface area contributed by atoms with E-state index in [-0.39, 0.29) is 11.6 Å². The van der Waals surface area contributed by atoms with Gasteiger partial charge in [0.1, 0.15) is 0 Å². The highest BCUT2D eigenvalue weighted by Crippen LogP contribution is 2.15. The molecule has 0 amide bonds. The fraction of sp³-hybridized carbons (Fsp3) is 0.312. The Hall–Kier alpha value is -1.87. The number of hydrogen-bond acceptors (Lipinski definition) is 2. The second-order valence-corrected chi connectivity index (χ2v) is 4.95. The van der Waals surface area contributed by atoms with E-state index in [0.717, 1.165) is 5.56 Å². The van der Waals surface area contributed by atoms with Crippen LogP contribution >= 0.6 is 0 Å². The number of hydrogen-bond donors (Lipinski definition) is 1. The number of nitrogens with one attached hydrogen (secondary N) is 1. The lowest BCUT2D eigenvalue weighted by Crippen LogP contribution is -2.28. The Labute approximate surface area is 113 Å².